The van der Waals surface area contributed by atoms with Gasteiger partial charge in [-0.15, -0.1) is 0 Å². The number of rotatable bonds is 4. The third-order valence-electron chi connectivity index (χ3n) is 0.500. The zero-order chi connectivity index (χ0) is 7.11. The van der Waals surface area contributed by atoms with Gasteiger partial charge >= 0.3 is 0 Å². The highest BCUT2D eigenvalue weighted by molar-refractivity contribution is 7.45. The molecule has 52 valence electrons. The van der Waals surface area contributed by atoms with Crippen LogP contribution in [0.5, 0.6) is 0 Å². The van der Waals surface area contributed by atoms with E-state index in [0.29, 0.717) is 0 Å². The molecular weight excluding hydrogens is 162 g/mol. The molecule has 0 saturated carbocycles. The maximum atomic E-state index is 8.57. The number of hydrogen-bond acceptors (Lipinski definition) is 4. The van der Waals surface area contributed by atoms with Crippen molar-refractivity contribution >= 4 is 20.3 Å². The number of nitrogens with zero attached hydrogens (tertiary/aromatic N) is 1. The minimum atomic E-state index is -1.73. The largest absolute Gasteiger partial charge is 0.337 e. The lowest BCUT2D eigenvalue weighted by Gasteiger charge is -2.03. The molecule has 0 saturated heterocycles. The molecule has 0 fully saturated rings. The van der Waals surface area contributed by atoms with Crippen LogP contribution in [0, 0.1) is 11.3 Å². The highest BCUT2D eigenvalue weighted by Crippen LogP contribution is 2.25. The van der Waals surface area contributed by atoms with Crippen LogP contribution in [0.25, 0.3) is 0 Å². The van der Waals surface area contributed by atoms with Crippen molar-refractivity contribution in [2.45, 2.75) is 6.42 Å². The summed E-state index contributed by atoms with van der Waals surface area (Å²) >= 11 is 4.95. The molecule has 0 rings (SSSR count). The molecule has 6 heteroatoms. The predicted molar refractivity (Wildman–Crippen MR) is 34.3 cm³/mol. The smallest absolute Gasteiger partial charge is 0.268 e. The summed E-state index contributed by atoms with van der Waals surface area (Å²) in [4.78, 5) is 8.57. The van der Waals surface area contributed by atoms with Crippen LogP contribution in [0.2, 0.25) is 0 Å². The normalized spacial score (nSPS) is 12.6. The first-order chi connectivity index (χ1) is 4.31. The Morgan fingerprint density at radius 3 is 3.00 bits per heavy atom. The molecule has 0 radical (unpaired) electrons. The molecule has 2 N–H and O–H groups in total. The summed E-state index contributed by atoms with van der Waals surface area (Å²) in [5.74, 6) is 0. The van der Waals surface area contributed by atoms with Gasteiger partial charge in [-0.3, -0.25) is 0 Å². The average molecular weight is 169 g/mol. The lowest BCUT2D eigenvalue weighted by Crippen LogP contribution is -1.95. The van der Waals surface area contributed by atoms with E-state index in [9.17, 15) is 0 Å². The molecule has 0 aliphatic rings. The molecular formula is C3H6ClN2O2P. The summed E-state index contributed by atoms with van der Waals surface area (Å²) < 4.78 is 6.57. The summed E-state index contributed by atoms with van der Waals surface area (Å²) in [7, 11) is -1.73. The Balaban J connectivity index is 2.99. The van der Waals surface area contributed by atoms with Gasteiger partial charge < -0.3 is 9.42 Å². The molecule has 0 aromatic carbocycles. The molecule has 0 aromatic rings. The summed E-state index contributed by atoms with van der Waals surface area (Å²) in [5.41, 5.74) is 0. The van der Waals surface area contributed by atoms with Gasteiger partial charge in [-0.25, -0.2) is 0 Å². The SMILES string of the molecule is N#CCCOP(O)NCl. The maximum Gasteiger partial charge on any atom is 0.268 e. The molecule has 0 amide bonds. The van der Waals surface area contributed by atoms with Gasteiger partial charge in [0, 0.05) is 0 Å². The van der Waals surface area contributed by atoms with E-state index in [-0.39, 0.29) is 13.0 Å². The number of nitriles is 1. The Kier molecular flexibility index (Phi) is 6.28. The molecule has 0 aromatic heterocycles. The van der Waals surface area contributed by atoms with Crippen LogP contribution in [0.15, 0.2) is 0 Å². The second-order valence-electron chi connectivity index (χ2n) is 1.10. The maximum absolute atomic E-state index is 8.57. The standard InChI is InChI=1S/C3H6ClN2O2P/c4-6-9(7)8-3-1-2-5/h6-7H,1,3H2. The molecule has 1 unspecified atom stereocenters. The van der Waals surface area contributed by atoms with Crippen molar-refractivity contribution in [3.63, 3.8) is 0 Å². The third kappa shape index (κ3) is 5.97. The van der Waals surface area contributed by atoms with Crippen LogP contribution in [0.4, 0.5) is 0 Å². The third-order valence-corrected chi connectivity index (χ3v) is 1.51. The summed E-state index contributed by atoms with van der Waals surface area (Å²) in [6, 6.07) is 1.85. The van der Waals surface area contributed by atoms with Crippen molar-refractivity contribution in [2.75, 3.05) is 6.61 Å². The fourth-order valence-electron chi connectivity index (χ4n) is 0.202. The van der Waals surface area contributed by atoms with Crippen LogP contribution >= 0.6 is 20.3 Å². The van der Waals surface area contributed by atoms with Gasteiger partial charge in [0.1, 0.15) is 0 Å². The Hall–Kier alpha value is 0.0900. The van der Waals surface area contributed by atoms with E-state index in [2.05, 4.69) is 4.52 Å². The van der Waals surface area contributed by atoms with Crippen molar-refractivity contribution in [2.24, 2.45) is 0 Å². The molecule has 0 aliphatic carbocycles. The number of nitrogens with one attached hydrogen (secondary N) is 1. The average Bonchev–Trinajstić information content (AvgIpc) is 1.89. The van der Waals surface area contributed by atoms with Crippen LogP contribution in [0.1, 0.15) is 6.42 Å². The molecule has 0 heterocycles. The minimum Gasteiger partial charge on any atom is -0.337 e. The minimum absolute atomic E-state index is 0.207. The molecule has 4 nitrogen and oxygen atoms in total. The topological polar surface area (TPSA) is 65.3 Å². The van der Waals surface area contributed by atoms with Crippen LogP contribution in [-0.2, 0) is 4.52 Å². The molecule has 0 aliphatic heterocycles. The van der Waals surface area contributed by atoms with E-state index in [1.807, 2.05) is 10.7 Å². The van der Waals surface area contributed by atoms with Gasteiger partial charge in [-0.05, 0) is 11.8 Å². The van der Waals surface area contributed by atoms with Gasteiger partial charge in [0.2, 0.25) is 0 Å². The van der Waals surface area contributed by atoms with Crippen molar-refractivity contribution in [1.82, 2.24) is 4.61 Å². The van der Waals surface area contributed by atoms with Gasteiger partial charge in [0.15, 0.2) is 0 Å². The molecule has 1 atom stereocenters. The quantitative estimate of drug-likeness (QED) is 0.372. The van der Waals surface area contributed by atoms with E-state index in [0.717, 1.165) is 0 Å². The second-order valence-corrected chi connectivity index (χ2v) is 2.58. The molecule has 9 heavy (non-hydrogen) atoms. The summed E-state index contributed by atoms with van der Waals surface area (Å²) in [5, 5.41) is 7.99. The van der Waals surface area contributed by atoms with E-state index in [1.54, 1.807) is 0 Å². The molecule has 0 spiro atoms. The van der Waals surface area contributed by atoms with Crippen molar-refractivity contribution in [1.29, 1.82) is 5.26 Å². The molecule has 0 bridgehead atoms. The van der Waals surface area contributed by atoms with Crippen LogP contribution in [-0.4, -0.2) is 11.5 Å². The van der Waals surface area contributed by atoms with Gasteiger partial charge in [-0.1, -0.05) is 0 Å². The van der Waals surface area contributed by atoms with Crippen molar-refractivity contribution in [3.8, 4) is 6.07 Å². The van der Waals surface area contributed by atoms with Gasteiger partial charge in [0.25, 0.3) is 8.53 Å². The highest BCUT2D eigenvalue weighted by Gasteiger charge is 1.99. The van der Waals surface area contributed by atoms with Gasteiger partial charge in [-0.2, -0.15) is 9.87 Å². The van der Waals surface area contributed by atoms with Crippen LogP contribution < -0.4 is 4.61 Å². The number of hydrogen-bond donors (Lipinski definition) is 2. The first-order valence-corrected chi connectivity index (χ1v) is 3.75. The first kappa shape index (κ1) is 9.09. The lowest BCUT2D eigenvalue weighted by molar-refractivity contribution is 0.315. The van der Waals surface area contributed by atoms with E-state index in [4.69, 9.17) is 21.9 Å². The Bertz CT molecular complexity index is 106. The monoisotopic (exact) mass is 168 g/mol. The van der Waals surface area contributed by atoms with Crippen molar-refractivity contribution < 1.29 is 9.42 Å². The Morgan fingerprint density at radius 2 is 2.56 bits per heavy atom. The van der Waals surface area contributed by atoms with Gasteiger partial charge in [0.05, 0.1) is 19.1 Å². The van der Waals surface area contributed by atoms with E-state index < -0.39 is 8.53 Å². The fraction of sp³-hybridized carbons (Fsp3) is 0.667. The van der Waals surface area contributed by atoms with E-state index in [1.165, 1.54) is 0 Å². The second kappa shape index (κ2) is 6.21. The lowest BCUT2D eigenvalue weighted by atomic mass is 10.5. The predicted octanol–water partition coefficient (Wildman–Crippen LogP) is 0.879. The van der Waals surface area contributed by atoms with Crippen LogP contribution in [0.3, 0.4) is 0 Å². The summed E-state index contributed by atoms with van der Waals surface area (Å²) in [6.07, 6.45) is 0.262. The van der Waals surface area contributed by atoms with Crippen molar-refractivity contribution in [3.05, 3.63) is 0 Å². The highest BCUT2D eigenvalue weighted by atomic mass is 35.5. The Morgan fingerprint density at radius 1 is 1.89 bits per heavy atom. The summed E-state index contributed by atoms with van der Waals surface area (Å²) in [6.45, 7) is 0.207. The Labute approximate surface area is 59.5 Å². The first-order valence-electron chi connectivity index (χ1n) is 2.16. The zero-order valence-electron chi connectivity index (χ0n) is 4.54. The zero-order valence-corrected chi connectivity index (χ0v) is 6.19. The fourth-order valence-corrected chi connectivity index (χ4v) is 0.662. The number of halogens is 1. The van der Waals surface area contributed by atoms with E-state index >= 15 is 0 Å².